The summed E-state index contributed by atoms with van der Waals surface area (Å²) in [5.41, 5.74) is 2.24. The van der Waals surface area contributed by atoms with E-state index in [1.165, 1.54) is 7.05 Å². The van der Waals surface area contributed by atoms with Gasteiger partial charge in [0.1, 0.15) is 22.8 Å². The van der Waals surface area contributed by atoms with Gasteiger partial charge in [-0.3, -0.25) is 9.59 Å². The van der Waals surface area contributed by atoms with Crippen LogP contribution in [-0.4, -0.2) is 36.7 Å². The van der Waals surface area contributed by atoms with Crippen LogP contribution in [0.2, 0.25) is 0 Å². The highest BCUT2D eigenvalue weighted by molar-refractivity contribution is 6.11. The zero-order valence-corrected chi connectivity index (χ0v) is 15.5. The highest BCUT2D eigenvalue weighted by Gasteiger charge is 2.36. The van der Waals surface area contributed by atoms with Gasteiger partial charge >= 0.3 is 0 Å². The van der Waals surface area contributed by atoms with Gasteiger partial charge in [0, 0.05) is 12.6 Å². The highest BCUT2D eigenvalue weighted by atomic mass is 16.5. The average Bonchev–Trinajstić information content (AvgIpc) is 3.13. The molecule has 0 fully saturated rings. The van der Waals surface area contributed by atoms with Crippen molar-refractivity contribution < 1.29 is 18.8 Å². The molecule has 0 unspecified atom stereocenters. The monoisotopic (exact) mass is 377 g/mol. The van der Waals surface area contributed by atoms with E-state index < -0.39 is 6.10 Å². The Morgan fingerprint density at radius 3 is 2.57 bits per heavy atom. The first-order valence-electron chi connectivity index (χ1n) is 8.91. The number of ether oxygens (including phenoxy) is 1. The first kappa shape index (κ1) is 17.8. The van der Waals surface area contributed by atoms with Gasteiger partial charge in [0.25, 0.3) is 11.8 Å². The number of anilines is 1. The second kappa shape index (κ2) is 7.19. The summed E-state index contributed by atoms with van der Waals surface area (Å²) in [5.74, 6) is 0.315. The van der Waals surface area contributed by atoms with Gasteiger partial charge in [0.05, 0.1) is 12.2 Å². The first-order chi connectivity index (χ1) is 13.6. The third kappa shape index (κ3) is 3.00. The van der Waals surface area contributed by atoms with Crippen molar-refractivity contribution in [1.82, 2.24) is 10.5 Å². The minimum atomic E-state index is -0.802. The van der Waals surface area contributed by atoms with Crippen LogP contribution in [0.1, 0.15) is 16.1 Å². The molecule has 0 bridgehead atoms. The quantitative estimate of drug-likeness (QED) is 0.759. The lowest BCUT2D eigenvalue weighted by Gasteiger charge is -2.34. The van der Waals surface area contributed by atoms with Crippen LogP contribution in [-0.2, 0) is 4.79 Å². The topological polar surface area (TPSA) is 84.7 Å². The number of aromatic nitrogens is 1. The maximum absolute atomic E-state index is 13.5. The molecule has 4 rings (SSSR count). The smallest absolute Gasteiger partial charge is 0.264 e. The zero-order valence-electron chi connectivity index (χ0n) is 15.5. The van der Waals surface area contributed by atoms with Gasteiger partial charge in [-0.15, -0.1) is 0 Å². The number of nitrogens with one attached hydrogen (secondary N) is 1. The molecule has 1 N–H and O–H groups in total. The Labute approximate surface area is 161 Å². The number of carbonyl (C=O) groups excluding carboxylic acids is 2. The third-order valence-electron chi connectivity index (χ3n) is 4.68. The molecule has 1 aliphatic heterocycles. The minimum absolute atomic E-state index is 0.0916. The predicted octanol–water partition coefficient (Wildman–Crippen LogP) is 2.80. The summed E-state index contributed by atoms with van der Waals surface area (Å²) in [7, 11) is 1.54. The van der Waals surface area contributed by atoms with Crippen molar-refractivity contribution in [3.8, 4) is 17.0 Å². The Kier molecular flexibility index (Phi) is 4.57. The number of rotatable bonds is 3. The second-order valence-electron chi connectivity index (χ2n) is 6.43. The number of para-hydroxylation sites is 2. The fourth-order valence-electron chi connectivity index (χ4n) is 3.28. The number of aryl methyl sites for hydroxylation is 1. The lowest BCUT2D eigenvalue weighted by molar-refractivity contribution is -0.127. The van der Waals surface area contributed by atoms with Crippen molar-refractivity contribution in [2.75, 3.05) is 18.5 Å². The average molecular weight is 377 g/mol. The van der Waals surface area contributed by atoms with Crippen molar-refractivity contribution in [2.24, 2.45) is 0 Å². The van der Waals surface area contributed by atoms with Crippen molar-refractivity contribution in [2.45, 2.75) is 13.0 Å². The number of amides is 2. The van der Waals surface area contributed by atoms with Gasteiger partial charge < -0.3 is 19.5 Å². The lowest BCUT2D eigenvalue weighted by atomic mass is 10.0. The Bertz CT molecular complexity index is 1030. The van der Waals surface area contributed by atoms with Gasteiger partial charge in [-0.05, 0) is 19.1 Å². The molecule has 3 aromatic rings. The zero-order chi connectivity index (χ0) is 19.7. The molecule has 0 saturated carbocycles. The first-order valence-corrected chi connectivity index (χ1v) is 8.91. The number of likely N-dealkylation sites (N-methyl/N-ethyl adjacent to an activating group) is 1. The lowest BCUT2D eigenvalue weighted by Crippen LogP contribution is -2.50. The Morgan fingerprint density at radius 2 is 1.82 bits per heavy atom. The molecule has 0 radical (unpaired) electrons. The molecule has 1 aliphatic rings. The van der Waals surface area contributed by atoms with E-state index in [1.807, 2.05) is 36.4 Å². The number of hydrogen-bond donors (Lipinski definition) is 1. The van der Waals surface area contributed by atoms with Crippen LogP contribution in [0, 0.1) is 6.92 Å². The summed E-state index contributed by atoms with van der Waals surface area (Å²) >= 11 is 0. The van der Waals surface area contributed by atoms with Crippen molar-refractivity contribution in [1.29, 1.82) is 0 Å². The van der Waals surface area contributed by atoms with Gasteiger partial charge in [-0.1, -0.05) is 47.6 Å². The standard InChI is InChI=1S/C21H19N3O4/c1-13-18(19(23-28-13)14-8-4-3-5-9-14)21(26)24-12-17(20(25)22-2)27-16-11-7-6-10-15(16)24/h3-11,17H,12H2,1-2H3,(H,22,25)/t17-/m1/s1. The largest absolute Gasteiger partial charge is 0.477 e. The summed E-state index contributed by atoms with van der Waals surface area (Å²) in [5, 5.41) is 6.67. The van der Waals surface area contributed by atoms with E-state index in [0.29, 0.717) is 28.5 Å². The summed E-state index contributed by atoms with van der Waals surface area (Å²) in [6, 6.07) is 16.5. The van der Waals surface area contributed by atoms with Crippen LogP contribution in [0.15, 0.2) is 59.1 Å². The highest BCUT2D eigenvalue weighted by Crippen LogP contribution is 2.36. The molecular weight excluding hydrogens is 358 g/mol. The number of hydrogen-bond acceptors (Lipinski definition) is 5. The normalized spacial score (nSPS) is 15.5. The summed E-state index contributed by atoms with van der Waals surface area (Å²) < 4.78 is 11.1. The fourth-order valence-corrected chi connectivity index (χ4v) is 3.28. The van der Waals surface area contributed by atoms with Gasteiger partial charge in [-0.2, -0.15) is 0 Å². The van der Waals surface area contributed by atoms with Crippen molar-refractivity contribution in [3.05, 3.63) is 65.9 Å². The van der Waals surface area contributed by atoms with Crippen LogP contribution in [0.5, 0.6) is 5.75 Å². The molecule has 2 aromatic carbocycles. The molecule has 1 atom stereocenters. The molecule has 7 nitrogen and oxygen atoms in total. The summed E-state index contributed by atoms with van der Waals surface area (Å²) in [4.78, 5) is 27.3. The molecule has 2 amide bonds. The van der Waals surface area contributed by atoms with Crippen molar-refractivity contribution in [3.63, 3.8) is 0 Å². The molecule has 28 heavy (non-hydrogen) atoms. The van der Waals surface area contributed by atoms with Crippen LogP contribution >= 0.6 is 0 Å². The molecule has 2 heterocycles. The van der Waals surface area contributed by atoms with E-state index in [2.05, 4.69) is 10.5 Å². The van der Waals surface area contributed by atoms with Crippen molar-refractivity contribution >= 4 is 17.5 Å². The molecule has 7 heteroatoms. The molecule has 1 aromatic heterocycles. The predicted molar refractivity (Wildman–Crippen MR) is 103 cm³/mol. The summed E-state index contributed by atoms with van der Waals surface area (Å²) in [6.45, 7) is 1.80. The maximum Gasteiger partial charge on any atom is 0.264 e. The number of carbonyl (C=O) groups is 2. The van der Waals surface area contributed by atoms with E-state index in [9.17, 15) is 9.59 Å². The Balaban J connectivity index is 1.78. The van der Waals surface area contributed by atoms with Gasteiger partial charge in [0.15, 0.2) is 6.10 Å². The number of benzene rings is 2. The fraction of sp³-hybridized carbons (Fsp3) is 0.190. The molecule has 0 spiro atoms. The van der Waals surface area contributed by atoms with E-state index in [0.717, 1.165) is 5.56 Å². The van der Waals surface area contributed by atoms with Crippen LogP contribution < -0.4 is 15.0 Å². The minimum Gasteiger partial charge on any atom is -0.477 e. The van der Waals surface area contributed by atoms with E-state index in [1.54, 1.807) is 30.0 Å². The van der Waals surface area contributed by atoms with Crippen LogP contribution in [0.25, 0.3) is 11.3 Å². The van der Waals surface area contributed by atoms with Crippen LogP contribution in [0.4, 0.5) is 5.69 Å². The third-order valence-corrected chi connectivity index (χ3v) is 4.68. The molecule has 142 valence electrons. The molecule has 0 saturated heterocycles. The number of nitrogens with zero attached hydrogens (tertiary/aromatic N) is 2. The van der Waals surface area contributed by atoms with Crippen LogP contribution in [0.3, 0.4) is 0 Å². The SMILES string of the molecule is CNC(=O)[C@H]1CN(C(=O)c2c(-c3ccccc3)noc2C)c2ccccc2O1. The van der Waals surface area contributed by atoms with Gasteiger partial charge in [0.2, 0.25) is 0 Å². The van der Waals surface area contributed by atoms with E-state index >= 15 is 0 Å². The van der Waals surface area contributed by atoms with E-state index in [4.69, 9.17) is 9.26 Å². The molecule has 0 aliphatic carbocycles. The second-order valence-corrected chi connectivity index (χ2v) is 6.43. The maximum atomic E-state index is 13.5. The summed E-state index contributed by atoms with van der Waals surface area (Å²) in [6.07, 6.45) is -0.802. The molecular formula is C21H19N3O4. The Hall–Kier alpha value is -3.61. The Morgan fingerprint density at radius 1 is 1.11 bits per heavy atom. The van der Waals surface area contributed by atoms with E-state index in [-0.39, 0.29) is 18.4 Å². The van der Waals surface area contributed by atoms with Gasteiger partial charge in [-0.25, -0.2) is 0 Å². The number of fused-ring (bicyclic) bond motifs is 1.